The van der Waals surface area contributed by atoms with Crippen molar-refractivity contribution in [3.05, 3.63) is 59.2 Å². The Labute approximate surface area is 92.0 Å². The van der Waals surface area contributed by atoms with Gasteiger partial charge in [0.2, 0.25) is 0 Å². The molecule has 0 amide bonds. The highest BCUT2D eigenvalue weighted by atomic mass is 19.1. The smallest absolute Gasteiger partial charge is 0.126 e. The third kappa shape index (κ3) is 2.39. The van der Waals surface area contributed by atoms with Gasteiger partial charge in [-0.25, -0.2) is 18.7 Å². The van der Waals surface area contributed by atoms with Crippen molar-refractivity contribution < 1.29 is 8.78 Å². The van der Waals surface area contributed by atoms with Crippen LogP contribution in [0.5, 0.6) is 0 Å². The second kappa shape index (κ2) is 4.35. The first-order valence-electron chi connectivity index (χ1n) is 4.85. The standard InChI is InChI=1S/C12H10F2N2/c1-8-10(6-15-7-16-8)2-9-3-11(13)5-12(14)4-9/h3-7H,2H2,1H3. The van der Waals surface area contributed by atoms with E-state index in [1.54, 1.807) is 6.20 Å². The minimum Gasteiger partial charge on any atom is -0.245 e. The molecule has 2 nitrogen and oxygen atoms in total. The van der Waals surface area contributed by atoms with Crippen LogP contribution < -0.4 is 0 Å². The molecule has 1 aromatic heterocycles. The van der Waals surface area contributed by atoms with Gasteiger partial charge in [-0.05, 0) is 30.2 Å². The SMILES string of the molecule is Cc1ncncc1Cc1cc(F)cc(F)c1. The van der Waals surface area contributed by atoms with Crippen LogP contribution in [0.3, 0.4) is 0 Å². The van der Waals surface area contributed by atoms with Crippen molar-refractivity contribution >= 4 is 0 Å². The molecule has 0 aliphatic rings. The number of aryl methyl sites for hydroxylation is 1. The Balaban J connectivity index is 2.30. The fraction of sp³-hybridized carbons (Fsp3) is 0.167. The van der Waals surface area contributed by atoms with Crippen molar-refractivity contribution in [2.45, 2.75) is 13.3 Å². The zero-order chi connectivity index (χ0) is 11.5. The summed E-state index contributed by atoms with van der Waals surface area (Å²) in [7, 11) is 0. The van der Waals surface area contributed by atoms with Crippen LogP contribution in [0.4, 0.5) is 8.78 Å². The van der Waals surface area contributed by atoms with E-state index >= 15 is 0 Å². The fourth-order valence-electron chi connectivity index (χ4n) is 1.53. The van der Waals surface area contributed by atoms with Crippen LogP contribution in [0.15, 0.2) is 30.7 Å². The molecule has 0 unspecified atom stereocenters. The molecule has 0 aliphatic heterocycles. The summed E-state index contributed by atoms with van der Waals surface area (Å²) in [5.74, 6) is -1.13. The minimum absolute atomic E-state index is 0.432. The zero-order valence-corrected chi connectivity index (χ0v) is 8.74. The van der Waals surface area contributed by atoms with Crippen LogP contribution in [0.1, 0.15) is 16.8 Å². The third-order valence-electron chi connectivity index (χ3n) is 2.33. The maximum atomic E-state index is 13.0. The summed E-state index contributed by atoms with van der Waals surface area (Å²) in [5.41, 5.74) is 2.27. The lowest BCUT2D eigenvalue weighted by Gasteiger charge is -2.04. The number of benzene rings is 1. The quantitative estimate of drug-likeness (QED) is 0.777. The molecular formula is C12H10F2N2. The zero-order valence-electron chi connectivity index (χ0n) is 8.74. The monoisotopic (exact) mass is 220 g/mol. The third-order valence-corrected chi connectivity index (χ3v) is 2.33. The first-order valence-corrected chi connectivity index (χ1v) is 4.85. The van der Waals surface area contributed by atoms with E-state index in [4.69, 9.17) is 0 Å². The van der Waals surface area contributed by atoms with E-state index in [1.807, 2.05) is 6.92 Å². The van der Waals surface area contributed by atoms with Crippen LogP contribution in [-0.2, 0) is 6.42 Å². The topological polar surface area (TPSA) is 25.8 Å². The molecule has 0 saturated carbocycles. The molecule has 0 spiro atoms. The molecule has 4 heteroatoms. The van der Waals surface area contributed by atoms with Gasteiger partial charge in [-0.1, -0.05) is 0 Å². The molecule has 0 bridgehead atoms. The number of hydrogen-bond acceptors (Lipinski definition) is 2. The number of halogens is 2. The number of hydrogen-bond donors (Lipinski definition) is 0. The van der Waals surface area contributed by atoms with E-state index in [0.717, 1.165) is 17.3 Å². The van der Waals surface area contributed by atoms with Gasteiger partial charge in [0.15, 0.2) is 0 Å². The lowest BCUT2D eigenvalue weighted by molar-refractivity contribution is 0.580. The Kier molecular flexibility index (Phi) is 2.90. The molecule has 0 aliphatic carbocycles. The highest BCUT2D eigenvalue weighted by molar-refractivity contribution is 5.27. The average Bonchev–Trinajstić information content (AvgIpc) is 2.20. The van der Waals surface area contributed by atoms with E-state index in [9.17, 15) is 8.78 Å². The second-order valence-corrected chi connectivity index (χ2v) is 3.59. The van der Waals surface area contributed by atoms with Gasteiger partial charge in [-0.15, -0.1) is 0 Å². The molecule has 0 radical (unpaired) electrons. The molecule has 0 atom stereocenters. The van der Waals surface area contributed by atoms with Crippen LogP contribution >= 0.6 is 0 Å². The van der Waals surface area contributed by atoms with Gasteiger partial charge in [-0.3, -0.25) is 0 Å². The highest BCUT2D eigenvalue weighted by Gasteiger charge is 2.04. The van der Waals surface area contributed by atoms with Gasteiger partial charge in [-0.2, -0.15) is 0 Å². The summed E-state index contributed by atoms with van der Waals surface area (Å²) in [6.07, 6.45) is 3.54. The maximum absolute atomic E-state index is 13.0. The lowest BCUT2D eigenvalue weighted by Crippen LogP contribution is -1.96. The molecule has 1 heterocycles. The van der Waals surface area contributed by atoms with Gasteiger partial charge in [0, 0.05) is 24.4 Å². The predicted octanol–water partition coefficient (Wildman–Crippen LogP) is 2.65. The van der Waals surface area contributed by atoms with Gasteiger partial charge in [0.05, 0.1) is 0 Å². The van der Waals surface area contributed by atoms with Gasteiger partial charge >= 0.3 is 0 Å². The van der Waals surface area contributed by atoms with Crippen LogP contribution in [0, 0.1) is 18.6 Å². The average molecular weight is 220 g/mol. The summed E-state index contributed by atoms with van der Waals surface area (Å²) in [6.45, 7) is 1.84. The Bertz CT molecular complexity index is 492. The van der Waals surface area contributed by atoms with Crippen molar-refractivity contribution in [2.24, 2.45) is 0 Å². The van der Waals surface area contributed by atoms with Crippen LogP contribution in [-0.4, -0.2) is 9.97 Å². The van der Waals surface area contributed by atoms with E-state index in [1.165, 1.54) is 18.5 Å². The summed E-state index contributed by atoms with van der Waals surface area (Å²) < 4.78 is 25.9. The molecule has 82 valence electrons. The van der Waals surface area contributed by atoms with Crippen molar-refractivity contribution in [1.82, 2.24) is 9.97 Å². The second-order valence-electron chi connectivity index (χ2n) is 3.59. The van der Waals surface area contributed by atoms with Gasteiger partial charge in [0.25, 0.3) is 0 Å². The van der Waals surface area contributed by atoms with Crippen molar-refractivity contribution in [2.75, 3.05) is 0 Å². The normalized spacial score (nSPS) is 10.4. The fourth-order valence-corrected chi connectivity index (χ4v) is 1.53. The van der Waals surface area contributed by atoms with Crippen molar-refractivity contribution in [3.63, 3.8) is 0 Å². The maximum Gasteiger partial charge on any atom is 0.126 e. The molecular weight excluding hydrogens is 210 g/mol. The van der Waals surface area contributed by atoms with Crippen molar-refractivity contribution in [3.8, 4) is 0 Å². The molecule has 2 aromatic rings. The van der Waals surface area contributed by atoms with E-state index in [2.05, 4.69) is 9.97 Å². The lowest BCUT2D eigenvalue weighted by atomic mass is 10.1. The molecule has 0 saturated heterocycles. The van der Waals surface area contributed by atoms with E-state index in [-0.39, 0.29) is 0 Å². The summed E-state index contributed by atoms with van der Waals surface area (Å²) >= 11 is 0. The molecule has 0 N–H and O–H groups in total. The van der Waals surface area contributed by atoms with Crippen LogP contribution in [0.25, 0.3) is 0 Å². The number of rotatable bonds is 2. The predicted molar refractivity (Wildman–Crippen MR) is 55.9 cm³/mol. The largest absolute Gasteiger partial charge is 0.245 e. The number of nitrogens with zero attached hydrogens (tertiary/aromatic N) is 2. The Morgan fingerprint density at radius 3 is 2.44 bits per heavy atom. The molecule has 2 rings (SSSR count). The highest BCUT2D eigenvalue weighted by Crippen LogP contribution is 2.13. The molecule has 16 heavy (non-hydrogen) atoms. The number of aromatic nitrogens is 2. The summed E-state index contributed by atoms with van der Waals surface area (Å²) in [4.78, 5) is 7.91. The van der Waals surface area contributed by atoms with Gasteiger partial charge < -0.3 is 0 Å². The Morgan fingerprint density at radius 1 is 1.12 bits per heavy atom. The summed E-state index contributed by atoms with van der Waals surface area (Å²) in [5, 5.41) is 0. The Hall–Kier alpha value is -1.84. The molecule has 1 aromatic carbocycles. The van der Waals surface area contributed by atoms with Gasteiger partial charge in [0.1, 0.15) is 18.0 Å². The van der Waals surface area contributed by atoms with E-state index < -0.39 is 11.6 Å². The van der Waals surface area contributed by atoms with Crippen molar-refractivity contribution in [1.29, 1.82) is 0 Å². The summed E-state index contributed by atoms with van der Waals surface area (Å²) in [6, 6.07) is 3.49. The first kappa shape index (κ1) is 10.7. The Morgan fingerprint density at radius 2 is 1.81 bits per heavy atom. The molecule has 0 fully saturated rings. The van der Waals surface area contributed by atoms with E-state index in [0.29, 0.717) is 12.0 Å². The van der Waals surface area contributed by atoms with Crippen LogP contribution in [0.2, 0.25) is 0 Å². The minimum atomic E-state index is -0.565. The first-order chi connectivity index (χ1) is 7.65.